The van der Waals surface area contributed by atoms with Gasteiger partial charge in [-0.2, -0.15) is 0 Å². The number of halogens is 2. The van der Waals surface area contributed by atoms with Crippen molar-refractivity contribution in [3.63, 3.8) is 0 Å². The van der Waals surface area contributed by atoms with Crippen molar-refractivity contribution >= 4 is 44.4 Å². The molecule has 0 saturated heterocycles. The third-order valence-electron chi connectivity index (χ3n) is 4.16. The second kappa shape index (κ2) is 6.48. The SMILES string of the molecule is CS(=O)(=O)c1cc(N2CCc3cc(Cl)cc(Cl)c3C2)ccc1[N+](=O)[O-]. The van der Waals surface area contributed by atoms with Gasteiger partial charge in [-0.1, -0.05) is 23.2 Å². The van der Waals surface area contributed by atoms with Crippen molar-refractivity contribution in [1.82, 2.24) is 0 Å². The molecule has 1 aliphatic rings. The van der Waals surface area contributed by atoms with Gasteiger partial charge < -0.3 is 4.90 Å². The number of rotatable bonds is 3. The Morgan fingerprint density at radius 3 is 2.56 bits per heavy atom. The molecule has 0 unspecified atom stereocenters. The quantitative estimate of drug-likeness (QED) is 0.576. The number of hydrogen-bond acceptors (Lipinski definition) is 5. The van der Waals surface area contributed by atoms with Gasteiger partial charge in [0.05, 0.1) is 4.92 Å². The summed E-state index contributed by atoms with van der Waals surface area (Å²) in [6.45, 7) is 1.11. The zero-order valence-corrected chi connectivity index (χ0v) is 15.5. The lowest BCUT2D eigenvalue weighted by molar-refractivity contribution is -0.387. The number of sulfone groups is 1. The van der Waals surface area contributed by atoms with Crippen LogP contribution in [0.15, 0.2) is 35.2 Å². The fourth-order valence-electron chi connectivity index (χ4n) is 2.95. The molecule has 1 aliphatic heterocycles. The first-order valence-corrected chi connectivity index (χ1v) is 10.0. The molecule has 2 aromatic rings. The molecule has 1 heterocycles. The van der Waals surface area contributed by atoms with Crippen LogP contribution in [0.25, 0.3) is 0 Å². The average Bonchev–Trinajstić information content (AvgIpc) is 2.53. The topological polar surface area (TPSA) is 80.5 Å². The molecule has 0 aliphatic carbocycles. The van der Waals surface area contributed by atoms with Crippen LogP contribution in [-0.4, -0.2) is 26.1 Å². The van der Waals surface area contributed by atoms with E-state index in [2.05, 4.69) is 0 Å². The van der Waals surface area contributed by atoms with Crippen molar-refractivity contribution in [3.05, 3.63) is 61.6 Å². The van der Waals surface area contributed by atoms with Crippen LogP contribution in [0.5, 0.6) is 0 Å². The Hall–Kier alpha value is -1.83. The van der Waals surface area contributed by atoms with E-state index in [0.29, 0.717) is 35.2 Å². The van der Waals surface area contributed by atoms with Crippen LogP contribution in [-0.2, 0) is 22.8 Å². The lowest BCUT2D eigenvalue weighted by Crippen LogP contribution is -2.30. The maximum atomic E-state index is 11.9. The molecule has 0 bridgehead atoms. The third kappa shape index (κ3) is 3.58. The largest absolute Gasteiger partial charge is 0.367 e. The second-order valence-electron chi connectivity index (χ2n) is 5.88. The maximum Gasteiger partial charge on any atom is 0.288 e. The van der Waals surface area contributed by atoms with Crippen molar-refractivity contribution in [2.75, 3.05) is 17.7 Å². The van der Waals surface area contributed by atoms with Gasteiger partial charge in [0.2, 0.25) is 0 Å². The molecule has 25 heavy (non-hydrogen) atoms. The summed E-state index contributed by atoms with van der Waals surface area (Å²) >= 11 is 12.3. The normalized spacial score (nSPS) is 14.3. The average molecular weight is 401 g/mol. The second-order valence-corrected chi connectivity index (χ2v) is 8.71. The van der Waals surface area contributed by atoms with Crippen LogP contribution in [0.3, 0.4) is 0 Å². The number of nitro benzene ring substituents is 1. The van der Waals surface area contributed by atoms with Crippen molar-refractivity contribution < 1.29 is 13.3 Å². The first kappa shape index (κ1) is 18.0. The fourth-order valence-corrected chi connectivity index (χ4v) is 4.40. The smallest absolute Gasteiger partial charge is 0.288 e. The Bertz CT molecular complexity index is 976. The molecule has 0 atom stereocenters. The van der Waals surface area contributed by atoms with Crippen LogP contribution in [0.2, 0.25) is 10.0 Å². The molecule has 0 fully saturated rings. The Morgan fingerprint density at radius 2 is 1.92 bits per heavy atom. The molecule has 0 aromatic heterocycles. The minimum atomic E-state index is -3.73. The highest BCUT2D eigenvalue weighted by Crippen LogP contribution is 2.34. The Morgan fingerprint density at radius 1 is 1.20 bits per heavy atom. The van der Waals surface area contributed by atoms with Gasteiger partial charge in [-0.3, -0.25) is 10.1 Å². The molecule has 0 amide bonds. The molecule has 0 radical (unpaired) electrons. The molecule has 0 N–H and O–H groups in total. The van der Waals surface area contributed by atoms with Gasteiger partial charge in [-0.05, 0) is 41.8 Å². The molecular formula is C16H14Cl2N2O4S. The molecule has 132 valence electrons. The predicted octanol–water partition coefficient (Wildman–Crippen LogP) is 3.87. The Labute approximate surface area is 155 Å². The van der Waals surface area contributed by atoms with E-state index in [1.807, 2.05) is 11.0 Å². The van der Waals surface area contributed by atoms with E-state index < -0.39 is 20.4 Å². The number of anilines is 1. The summed E-state index contributed by atoms with van der Waals surface area (Å²) < 4.78 is 23.8. The Kier molecular flexibility index (Phi) is 4.66. The molecule has 0 saturated carbocycles. The third-order valence-corrected chi connectivity index (χ3v) is 5.84. The Balaban J connectivity index is 2.02. The molecule has 0 spiro atoms. The van der Waals surface area contributed by atoms with Crippen molar-refractivity contribution in [3.8, 4) is 0 Å². The number of hydrogen-bond donors (Lipinski definition) is 0. The first-order valence-electron chi connectivity index (χ1n) is 7.37. The van der Waals surface area contributed by atoms with E-state index >= 15 is 0 Å². The van der Waals surface area contributed by atoms with Crippen LogP contribution in [0, 0.1) is 10.1 Å². The highest BCUT2D eigenvalue weighted by Gasteiger charge is 2.25. The highest BCUT2D eigenvalue weighted by atomic mass is 35.5. The highest BCUT2D eigenvalue weighted by molar-refractivity contribution is 7.90. The first-order chi connectivity index (χ1) is 11.7. The fraction of sp³-hybridized carbons (Fsp3) is 0.250. The van der Waals surface area contributed by atoms with Gasteiger partial charge in [0.15, 0.2) is 9.84 Å². The maximum absolute atomic E-state index is 11.9. The van der Waals surface area contributed by atoms with E-state index in [0.717, 1.165) is 17.4 Å². The van der Waals surface area contributed by atoms with Gasteiger partial charge in [0, 0.05) is 41.1 Å². The van der Waals surface area contributed by atoms with E-state index in [9.17, 15) is 18.5 Å². The summed E-state index contributed by atoms with van der Waals surface area (Å²) in [5, 5.41) is 12.2. The van der Waals surface area contributed by atoms with E-state index in [4.69, 9.17) is 23.2 Å². The predicted molar refractivity (Wildman–Crippen MR) is 97.4 cm³/mol. The van der Waals surface area contributed by atoms with Crippen LogP contribution in [0.1, 0.15) is 11.1 Å². The summed E-state index contributed by atoms with van der Waals surface area (Å²) in [6.07, 6.45) is 1.66. The lowest BCUT2D eigenvalue weighted by Gasteiger charge is -2.31. The van der Waals surface area contributed by atoms with Crippen molar-refractivity contribution in [2.24, 2.45) is 0 Å². The van der Waals surface area contributed by atoms with Gasteiger partial charge in [0.25, 0.3) is 5.69 Å². The summed E-state index contributed by atoms with van der Waals surface area (Å²) in [5.41, 5.74) is 2.16. The molecule has 6 nitrogen and oxygen atoms in total. The van der Waals surface area contributed by atoms with Crippen molar-refractivity contribution in [2.45, 2.75) is 17.9 Å². The number of nitrogens with zero attached hydrogens (tertiary/aromatic N) is 2. The molecule has 3 rings (SSSR count). The molecule has 9 heteroatoms. The summed E-state index contributed by atoms with van der Waals surface area (Å²) in [7, 11) is -3.73. The zero-order valence-electron chi connectivity index (χ0n) is 13.2. The van der Waals surface area contributed by atoms with E-state index in [1.165, 1.54) is 12.1 Å². The lowest BCUT2D eigenvalue weighted by atomic mass is 9.99. The number of nitro groups is 1. The van der Waals surface area contributed by atoms with Gasteiger partial charge in [-0.15, -0.1) is 0 Å². The summed E-state index contributed by atoms with van der Waals surface area (Å²) in [6, 6.07) is 7.68. The van der Waals surface area contributed by atoms with Crippen LogP contribution in [0.4, 0.5) is 11.4 Å². The van der Waals surface area contributed by atoms with E-state index in [1.54, 1.807) is 12.1 Å². The van der Waals surface area contributed by atoms with Gasteiger partial charge in [0.1, 0.15) is 4.90 Å². The number of fused-ring (bicyclic) bond motifs is 1. The summed E-state index contributed by atoms with van der Waals surface area (Å²) in [5.74, 6) is 0. The molecule has 2 aromatic carbocycles. The summed E-state index contributed by atoms with van der Waals surface area (Å²) in [4.78, 5) is 12.1. The zero-order chi connectivity index (χ0) is 18.4. The van der Waals surface area contributed by atoms with Gasteiger partial charge >= 0.3 is 0 Å². The van der Waals surface area contributed by atoms with Crippen LogP contribution >= 0.6 is 23.2 Å². The standard InChI is InChI=1S/C16H14Cl2N2O4S/c1-25(23,24)16-8-12(2-3-15(16)20(21)22)19-5-4-10-6-11(17)7-14(18)13(10)9-19/h2-3,6-8H,4-5,9H2,1H3. The molecular weight excluding hydrogens is 387 g/mol. The minimum absolute atomic E-state index is 0.289. The van der Waals surface area contributed by atoms with Gasteiger partial charge in [-0.25, -0.2) is 8.42 Å². The van der Waals surface area contributed by atoms with E-state index in [-0.39, 0.29) is 4.90 Å². The number of benzene rings is 2. The monoisotopic (exact) mass is 400 g/mol. The van der Waals surface area contributed by atoms with Crippen molar-refractivity contribution in [1.29, 1.82) is 0 Å². The minimum Gasteiger partial charge on any atom is -0.367 e. The van der Waals surface area contributed by atoms with Crippen LogP contribution < -0.4 is 4.90 Å².